The van der Waals surface area contributed by atoms with Gasteiger partial charge < -0.3 is 4.74 Å². The van der Waals surface area contributed by atoms with Gasteiger partial charge in [-0.3, -0.25) is 0 Å². The summed E-state index contributed by atoms with van der Waals surface area (Å²) in [6, 6.07) is 8.74. The van der Waals surface area contributed by atoms with Crippen LogP contribution in [0, 0.1) is 5.41 Å². The number of ether oxygens (including phenoxy) is 1. The van der Waals surface area contributed by atoms with E-state index < -0.39 is 0 Å². The van der Waals surface area contributed by atoms with Gasteiger partial charge in [0.05, 0.1) is 6.61 Å². The van der Waals surface area contributed by atoms with Gasteiger partial charge in [0.15, 0.2) is 0 Å². The van der Waals surface area contributed by atoms with Crippen molar-refractivity contribution in [3.05, 3.63) is 66.3 Å². The summed E-state index contributed by atoms with van der Waals surface area (Å²) in [4.78, 5) is 0. The second kappa shape index (κ2) is 9.52. The molecule has 0 aromatic heterocycles. The number of hydrogen-bond donors (Lipinski definition) is 0. The summed E-state index contributed by atoms with van der Waals surface area (Å²) in [6.07, 6.45) is 17.9. The van der Waals surface area contributed by atoms with Crippen LogP contribution in [0.3, 0.4) is 0 Å². The third-order valence-corrected chi connectivity index (χ3v) is 4.56. The molecule has 1 unspecified atom stereocenters. The van der Waals surface area contributed by atoms with E-state index in [2.05, 4.69) is 62.1 Å². The SMILES string of the molecule is C=Cc1ccc(CCCCC2(COCCC)C=CC=CC2)cc1. The number of hydrogen-bond acceptors (Lipinski definition) is 1. The smallest absolute Gasteiger partial charge is 0.0560 e. The lowest BCUT2D eigenvalue weighted by atomic mass is 9.78. The molecule has 1 aliphatic rings. The molecule has 1 aromatic carbocycles. The van der Waals surface area contributed by atoms with Crippen molar-refractivity contribution in [3.8, 4) is 0 Å². The van der Waals surface area contributed by atoms with Gasteiger partial charge in [-0.2, -0.15) is 0 Å². The minimum atomic E-state index is 0.219. The molecule has 1 nitrogen and oxygen atoms in total. The first-order chi connectivity index (χ1) is 11.3. The zero-order valence-electron chi connectivity index (χ0n) is 14.5. The van der Waals surface area contributed by atoms with Crippen molar-refractivity contribution in [2.45, 2.75) is 45.4 Å². The van der Waals surface area contributed by atoms with Crippen molar-refractivity contribution in [2.75, 3.05) is 13.2 Å². The van der Waals surface area contributed by atoms with Crippen molar-refractivity contribution < 1.29 is 4.74 Å². The van der Waals surface area contributed by atoms with Crippen molar-refractivity contribution in [3.63, 3.8) is 0 Å². The molecule has 23 heavy (non-hydrogen) atoms. The Bertz CT molecular complexity index is 523. The van der Waals surface area contributed by atoms with E-state index in [0.29, 0.717) is 0 Å². The van der Waals surface area contributed by atoms with E-state index in [-0.39, 0.29) is 5.41 Å². The van der Waals surface area contributed by atoms with Gasteiger partial charge in [-0.05, 0) is 43.2 Å². The molecule has 0 saturated heterocycles. The Kier molecular flexibility index (Phi) is 7.35. The lowest BCUT2D eigenvalue weighted by Gasteiger charge is -2.31. The Morgan fingerprint density at radius 1 is 1.17 bits per heavy atom. The number of allylic oxidation sites excluding steroid dienone is 3. The van der Waals surface area contributed by atoms with Gasteiger partial charge in [-0.15, -0.1) is 0 Å². The Hall–Kier alpha value is -1.60. The van der Waals surface area contributed by atoms with Crippen LogP contribution in [-0.4, -0.2) is 13.2 Å². The maximum atomic E-state index is 5.87. The summed E-state index contributed by atoms with van der Waals surface area (Å²) in [5.74, 6) is 0. The molecule has 0 aliphatic heterocycles. The molecule has 1 heteroatoms. The zero-order valence-corrected chi connectivity index (χ0v) is 14.5. The van der Waals surface area contributed by atoms with E-state index in [1.807, 2.05) is 6.08 Å². The quantitative estimate of drug-likeness (QED) is 0.484. The van der Waals surface area contributed by atoms with E-state index in [1.165, 1.54) is 30.4 Å². The Morgan fingerprint density at radius 2 is 2.00 bits per heavy atom. The highest BCUT2D eigenvalue weighted by atomic mass is 16.5. The van der Waals surface area contributed by atoms with Crippen molar-refractivity contribution in [1.82, 2.24) is 0 Å². The lowest BCUT2D eigenvalue weighted by molar-refractivity contribution is 0.0630. The van der Waals surface area contributed by atoms with Crippen molar-refractivity contribution >= 4 is 6.08 Å². The van der Waals surface area contributed by atoms with Gasteiger partial charge in [0, 0.05) is 12.0 Å². The molecule has 0 saturated carbocycles. The van der Waals surface area contributed by atoms with Crippen LogP contribution >= 0.6 is 0 Å². The minimum absolute atomic E-state index is 0.219. The normalized spacial score (nSPS) is 19.9. The summed E-state index contributed by atoms with van der Waals surface area (Å²) in [7, 11) is 0. The first-order valence-corrected chi connectivity index (χ1v) is 8.91. The molecule has 1 atom stereocenters. The minimum Gasteiger partial charge on any atom is -0.381 e. The van der Waals surface area contributed by atoms with Crippen LogP contribution in [0.15, 0.2) is 55.1 Å². The van der Waals surface area contributed by atoms with Crippen LogP contribution in [0.5, 0.6) is 0 Å². The summed E-state index contributed by atoms with van der Waals surface area (Å²) < 4.78 is 5.87. The molecular formula is C22H30O. The Balaban J connectivity index is 1.78. The van der Waals surface area contributed by atoms with Crippen LogP contribution in [0.2, 0.25) is 0 Å². The molecule has 1 aliphatic carbocycles. The molecule has 0 radical (unpaired) electrons. The third-order valence-electron chi connectivity index (χ3n) is 4.56. The average Bonchev–Trinajstić information content (AvgIpc) is 2.60. The van der Waals surface area contributed by atoms with Crippen LogP contribution in [0.4, 0.5) is 0 Å². The third kappa shape index (κ3) is 5.84. The fourth-order valence-electron chi connectivity index (χ4n) is 3.12. The molecule has 2 rings (SSSR count). The van der Waals surface area contributed by atoms with Crippen molar-refractivity contribution in [1.29, 1.82) is 0 Å². The molecule has 124 valence electrons. The predicted octanol–water partition coefficient (Wildman–Crippen LogP) is 5.97. The van der Waals surface area contributed by atoms with Crippen LogP contribution in [-0.2, 0) is 11.2 Å². The van der Waals surface area contributed by atoms with Gasteiger partial charge in [0.25, 0.3) is 0 Å². The van der Waals surface area contributed by atoms with Crippen LogP contribution in [0.25, 0.3) is 6.08 Å². The number of benzene rings is 1. The van der Waals surface area contributed by atoms with Crippen LogP contribution in [0.1, 0.15) is 50.2 Å². The Morgan fingerprint density at radius 3 is 2.65 bits per heavy atom. The van der Waals surface area contributed by atoms with E-state index in [0.717, 1.165) is 32.5 Å². The van der Waals surface area contributed by atoms with Gasteiger partial charge in [0.1, 0.15) is 0 Å². The van der Waals surface area contributed by atoms with Gasteiger partial charge in [-0.1, -0.05) is 74.6 Å². The highest BCUT2D eigenvalue weighted by Crippen LogP contribution is 2.34. The second-order valence-electron chi connectivity index (χ2n) is 6.56. The maximum absolute atomic E-state index is 5.87. The first-order valence-electron chi connectivity index (χ1n) is 8.91. The van der Waals surface area contributed by atoms with Crippen molar-refractivity contribution in [2.24, 2.45) is 5.41 Å². The summed E-state index contributed by atoms with van der Waals surface area (Å²) in [6.45, 7) is 7.70. The largest absolute Gasteiger partial charge is 0.381 e. The molecule has 0 heterocycles. The fraction of sp³-hybridized carbons (Fsp3) is 0.455. The van der Waals surface area contributed by atoms with E-state index in [9.17, 15) is 0 Å². The molecule has 0 fully saturated rings. The molecule has 0 N–H and O–H groups in total. The Labute approximate surface area is 141 Å². The molecule has 0 spiro atoms. The topological polar surface area (TPSA) is 9.23 Å². The summed E-state index contributed by atoms with van der Waals surface area (Å²) in [5, 5.41) is 0. The predicted molar refractivity (Wildman–Crippen MR) is 101 cm³/mol. The van der Waals surface area contributed by atoms with Gasteiger partial charge in [-0.25, -0.2) is 0 Å². The number of unbranched alkanes of at least 4 members (excludes halogenated alkanes) is 1. The average molecular weight is 310 g/mol. The maximum Gasteiger partial charge on any atom is 0.0560 e. The molecule has 0 amide bonds. The lowest BCUT2D eigenvalue weighted by Crippen LogP contribution is -2.25. The standard InChI is InChI=1S/C22H30O/c1-3-18-23-19-22(15-7-5-8-16-22)17-9-6-10-21-13-11-20(4-2)12-14-21/h4-5,7-8,11-15H,2-3,6,9-10,16-19H2,1H3. The zero-order chi connectivity index (χ0) is 16.4. The number of aryl methyl sites for hydroxylation is 1. The molecular weight excluding hydrogens is 280 g/mol. The first kappa shape index (κ1) is 17.7. The molecule has 0 bridgehead atoms. The monoisotopic (exact) mass is 310 g/mol. The highest BCUT2D eigenvalue weighted by molar-refractivity contribution is 5.47. The summed E-state index contributed by atoms with van der Waals surface area (Å²) in [5.41, 5.74) is 2.84. The van der Waals surface area contributed by atoms with E-state index in [4.69, 9.17) is 4.74 Å². The highest BCUT2D eigenvalue weighted by Gasteiger charge is 2.26. The second-order valence-corrected chi connectivity index (χ2v) is 6.56. The van der Waals surface area contributed by atoms with Crippen LogP contribution < -0.4 is 0 Å². The molecule has 1 aromatic rings. The van der Waals surface area contributed by atoms with Gasteiger partial charge >= 0.3 is 0 Å². The van der Waals surface area contributed by atoms with E-state index in [1.54, 1.807) is 0 Å². The van der Waals surface area contributed by atoms with Gasteiger partial charge in [0.2, 0.25) is 0 Å². The fourth-order valence-corrected chi connectivity index (χ4v) is 3.12. The summed E-state index contributed by atoms with van der Waals surface area (Å²) >= 11 is 0. The number of rotatable bonds is 10. The van der Waals surface area contributed by atoms with E-state index >= 15 is 0 Å².